The Kier molecular flexibility index (Phi) is 5.58. The summed E-state index contributed by atoms with van der Waals surface area (Å²) in [4.78, 5) is 2.62. The van der Waals surface area contributed by atoms with Gasteiger partial charge in [-0.1, -0.05) is 26.7 Å². The van der Waals surface area contributed by atoms with E-state index in [1.165, 1.54) is 25.7 Å². The van der Waals surface area contributed by atoms with Crippen LogP contribution >= 0.6 is 0 Å². The zero-order chi connectivity index (χ0) is 11.1. The average molecular weight is 213 g/mol. The normalized spacial score (nSPS) is 19.4. The Bertz CT molecular complexity index is 158. The molecule has 1 rings (SSSR count). The lowest BCUT2D eigenvalue weighted by Crippen LogP contribution is -2.59. The quantitative estimate of drug-likeness (QED) is 0.696. The van der Waals surface area contributed by atoms with Gasteiger partial charge < -0.3 is 11.1 Å². The zero-order valence-corrected chi connectivity index (χ0v) is 10.4. The standard InChI is InChI=1S/C12H27N3/c1-3-5-12(11-13,6-4-2)15-9-7-14-8-10-15/h14H,3-11,13H2,1-2H3. The third-order valence-electron chi connectivity index (χ3n) is 3.60. The molecule has 90 valence electrons. The number of rotatable bonds is 6. The van der Waals surface area contributed by atoms with Crippen LogP contribution in [0.4, 0.5) is 0 Å². The van der Waals surface area contributed by atoms with E-state index in [1.54, 1.807) is 0 Å². The molecule has 0 saturated carbocycles. The number of piperazine rings is 1. The lowest BCUT2D eigenvalue weighted by Gasteiger charge is -2.45. The van der Waals surface area contributed by atoms with Crippen LogP contribution in [0.15, 0.2) is 0 Å². The molecule has 0 unspecified atom stereocenters. The first-order valence-electron chi connectivity index (χ1n) is 6.45. The summed E-state index contributed by atoms with van der Waals surface area (Å²) in [6.07, 6.45) is 4.97. The maximum absolute atomic E-state index is 6.05. The number of nitrogens with zero attached hydrogens (tertiary/aromatic N) is 1. The molecule has 0 amide bonds. The fraction of sp³-hybridized carbons (Fsp3) is 1.00. The van der Waals surface area contributed by atoms with Gasteiger partial charge in [0.15, 0.2) is 0 Å². The van der Waals surface area contributed by atoms with Crippen molar-refractivity contribution in [2.24, 2.45) is 5.73 Å². The first-order chi connectivity index (χ1) is 7.29. The van der Waals surface area contributed by atoms with Crippen molar-refractivity contribution in [1.82, 2.24) is 10.2 Å². The van der Waals surface area contributed by atoms with Gasteiger partial charge in [-0.05, 0) is 12.8 Å². The number of nitrogens with one attached hydrogen (secondary N) is 1. The Morgan fingerprint density at radius 3 is 2.07 bits per heavy atom. The molecule has 0 aliphatic carbocycles. The van der Waals surface area contributed by atoms with E-state index in [-0.39, 0.29) is 5.54 Å². The summed E-state index contributed by atoms with van der Waals surface area (Å²) in [5.41, 5.74) is 6.33. The van der Waals surface area contributed by atoms with E-state index in [4.69, 9.17) is 5.73 Å². The van der Waals surface area contributed by atoms with Crippen LogP contribution in [0, 0.1) is 0 Å². The highest BCUT2D eigenvalue weighted by molar-refractivity contribution is 4.93. The molecule has 1 fully saturated rings. The molecule has 0 atom stereocenters. The minimum atomic E-state index is 0.283. The van der Waals surface area contributed by atoms with Crippen LogP contribution in [-0.4, -0.2) is 43.2 Å². The van der Waals surface area contributed by atoms with Gasteiger partial charge in [-0.3, -0.25) is 4.90 Å². The van der Waals surface area contributed by atoms with Crippen LogP contribution in [0.25, 0.3) is 0 Å². The van der Waals surface area contributed by atoms with Gasteiger partial charge in [0, 0.05) is 38.3 Å². The van der Waals surface area contributed by atoms with E-state index in [9.17, 15) is 0 Å². The van der Waals surface area contributed by atoms with Crippen molar-refractivity contribution in [2.45, 2.75) is 45.1 Å². The van der Waals surface area contributed by atoms with Crippen LogP contribution in [0.1, 0.15) is 39.5 Å². The first kappa shape index (κ1) is 12.9. The summed E-state index contributed by atoms with van der Waals surface area (Å²) in [6, 6.07) is 0. The monoisotopic (exact) mass is 213 g/mol. The fourth-order valence-electron chi connectivity index (χ4n) is 2.84. The molecular formula is C12H27N3. The van der Waals surface area contributed by atoms with E-state index < -0.39 is 0 Å². The molecule has 1 aliphatic rings. The lowest BCUT2D eigenvalue weighted by atomic mass is 9.86. The third-order valence-corrected chi connectivity index (χ3v) is 3.60. The second-order valence-electron chi connectivity index (χ2n) is 4.67. The highest BCUT2D eigenvalue weighted by atomic mass is 15.2. The molecule has 3 N–H and O–H groups in total. The minimum Gasteiger partial charge on any atom is -0.329 e. The van der Waals surface area contributed by atoms with E-state index in [0.29, 0.717) is 0 Å². The molecule has 3 nitrogen and oxygen atoms in total. The largest absolute Gasteiger partial charge is 0.329 e. The Morgan fingerprint density at radius 2 is 1.67 bits per heavy atom. The van der Waals surface area contributed by atoms with Gasteiger partial charge in [0.05, 0.1) is 0 Å². The number of nitrogens with two attached hydrogens (primary N) is 1. The van der Waals surface area contributed by atoms with Crippen molar-refractivity contribution in [3.8, 4) is 0 Å². The Balaban J connectivity index is 2.66. The third kappa shape index (κ3) is 3.16. The van der Waals surface area contributed by atoms with Crippen molar-refractivity contribution in [3.63, 3.8) is 0 Å². The second kappa shape index (κ2) is 6.46. The maximum Gasteiger partial charge on any atom is 0.0332 e. The molecule has 1 aliphatic heterocycles. The van der Waals surface area contributed by atoms with Crippen LogP contribution < -0.4 is 11.1 Å². The molecule has 1 heterocycles. The van der Waals surface area contributed by atoms with Crippen molar-refractivity contribution in [1.29, 1.82) is 0 Å². The van der Waals surface area contributed by atoms with Gasteiger partial charge in [-0.25, -0.2) is 0 Å². The van der Waals surface area contributed by atoms with Crippen molar-refractivity contribution < 1.29 is 0 Å². The molecule has 0 aromatic heterocycles. The van der Waals surface area contributed by atoms with Crippen molar-refractivity contribution >= 4 is 0 Å². The predicted octanol–water partition coefficient (Wildman–Crippen LogP) is 1.19. The predicted molar refractivity (Wildman–Crippen MR) is 66.0 cm³/mol. The summed E-state index contributed by atoms with van der Waals surface area (Å²) in [6.45, 7) is 9.91. The fourth-order valence-corrected chi connectivity index (χ4v) is 2.84. The SMILES string of the molecule is CCCC(CN)(CCC)N1CCNCC1. The van der Waals surface area contributed by atoms with E-state index in [1.807, 2.05) is 0 Å². The van der Waals surface area contributed by atoms with Gasteiger partial charge in [0.2, 0.25) is 0 Å². The summed E-state index contributed by atoms with van der Waals surface area (Å²) >= 11 is 0. The molecule has 0 aromatic rings. The van der Waals surface area contributed by atoms with Gasteiger partial charge in [-0.2, -0.15) is 0 Å². The Morgan fingerprint density at radius 1 is 1.13 bits per heavy atom. The Labute approximate surface area is 94.4 Å². The molecular weight excluding hydrogens is 186 g/mol. The highest BCUT2D eigenvalue weighted by Gasteiger charge is 2.34. The summed E-state index contributed by atoms with van der Waals surface area (Å²) in [7, 11) is 0. The molecule has 1 saturated heterocycles. The van der Waals surface area contributed by atoms with Crippen molar-refractivity contribution in [2.75, 3.05) is 32.7 Å². The van der Waals surface area contributed by atoms with Gasteiger partial charge in [0.1, 0.15) is 0 Å². The lowest BCUT2D eigenvalue weighted by molar-refractivity contribution is 0.0620. The molecule has 15 heavy (non-hydrogen) atoms. The number of hydrogen-bond acceptors (Lipinski definition) is 3. The smallest absolute Gasteiger partial charge is 0.0332 e. The van der Waals surface area contributed by atoms with Gasteiger partial charge >= 0.3 is 0 Å². The molecule has 0 spiro atoms. The second-order valence-corrected chi connectivity index (χ2v) is 4.67. The van der Waals surface area contributed by atoms with E-state index in [0.717, 1.165) is 32.7 Å². The first-order valence-corrected chi connectivity index (χ1v) is 6.45. The molecule has 3 heteroatoms. The van der Waals surface area contributed by atoms with Gasteiger partial charge in [-0.15, -0.1) is 0 Å². The van der Waals surface area contributed by atoms with E-state index >= 15 is 0 Å². The molecule has 0 aromatic carbocycles. The maximum atomic E-state index is 6.05. The average Bonchev–Trinajstić information content (AvgIpc) is 2.30. The molecule has 0 bridgehead atoms. The minimum absolute atomic E-state index is 0.283. The summed E-state index contributed by atoms with van der Waals surface area (Å²) < 4.78 is 0. The topological polar surface area (TPSA) is 41.3 Å². The summed E-state index contributed by atoms with van der Waals surface area (Å²) in [5.74, 6) is 0. The van der Waals surface area contributed by atoms with Crippen LogP contribution in [0.5, 0.6) is 0 Å². The zero-order valence-electron chi connectivity index (χ0n) is 10.4. The van der Waals surface area contributed by atoms with Crippen molar-refractivity contribution in [3.05, 3.63) is 0 Å². The Hall–Kier alpha value is -0.120. The van der Waals surface area contributed by atoms with Crippen LogP contribution in [0.2, 0.25) is 0 Å². The van der Waals surface area contributed by atoms with E-state index in [2.05, 4.69) is 24.1 Å². The van der Waals surface area contributed by atoms with Crippen LogP contribution in [0.3, 0.4) is 0 Å². The van der Waals surface area contributed by atoms with Gasteiger partial charge in [0.25, 0.3) is 0 Å². The number of hydrogen-bond donors (Lipinski definition) is 2. The highest BCUT2D eigenvalue weighted by Crippen LogP contribution is 2.26. The van der Waals surface area contributed by atoms with Crippen LogP contribution in [-0.2, 0) is 0 Å². The summed E-state index contributed by atoms with van der Waals surface area (Å²) in [5, 5.41) is 3.41. The molecule has 0 radical (unpaired) electrons.